The fourth-order valence-electron chi connectivity index (χ4n) is 2.66. The fourth-order valence-corrected chi connectivity index (χ4v) is 5.20. The van der Waals surface area contributed by atoms with Gasteiger partial charge in [0.05, 0.1) is 5.51 Å². The van der Waals surface area contributed by atoms with Gasteiger partial charge in [-0.1, -0.05) is 13.8 Å². The molecule has 0 aromatic carbocycles. The minimum Gasteiger partial charge on any atom is -0.476 e. The van der Waals surface area contributed by atoms with Gasteiger partial charge >= 0.3 is 5.97 Å². The van der Waals surface area contributed by atoms with Crippen LogP contribution in [0.2, 0.25) is 0 Å². The van der Waals surface area contributed by atoms with Crippen molar-refractivity contribution < 1.29 is 18.3 Å². The zero-order valence-electron chi connectivity index (χ0n) is 11.4. The van der Waals surface area contributed by atoms with E-state index in [0.29, 0.717) is 5.92 Å². The molecule has 0 radical (unpaired) electrons. The predicted octanol–water partition coefficient (Wildman–Crippen LogP) is 1.94. The molecule has 0 bridgehead atoms. The van der Waals surface area contributed by atoms with Crippen LogP contribution in [0.4, 0.5) is 0 Å². The van der Waals surface area contributed by atoms with Crippen LogP contribution >= 0.6 is 11.3 Å². The van der Waals surface area contributed by atoms with Crippen molar-refractivity contribution in [2.45, 2.75) is 43.4 Å². The highest BCUT2D eigenvalue weighted by Crippen LogP contribution is 2.30. The van der Waals surface area contributed by atoms with Crippen LogP contribution in [0.15, 0.2) is 9.72 Å². The van der Waals surface area contributed by atoms with Crippen molar-refractivity contribution in [3.8, 4) is 0 Å². The molecule has 3 atom stereocenters. The first-order valence-electron chi connectivity index (χ1n) is 6.50. The summed E-state index contributed by atoms with van der Waals surface area (Å²) in [7, 11) is -3.82. The smallest absolute Gasteiger partial charge is 0.356 e. The topological polar surface area (TPSA) is 96.4 Å². The van der Waals surface area contributed by atoms with Crippen LogP contribution in [0.3, 0.4) is 0 Å². The molecule has 0 saturated heterocycles. The number of thiazole rings is 1. The number of hydrogen-bond acceptors (Lipinski definition) is 5. The summed E-state index contributed by atoms with van der Waals surface area (Å²) in [6, 6.07) is -0.139. The van der Waals surface area contributed by atoms with Gasteiger partial charge in [0.1, 0.15) is 0 Å². The van der Waals surface area contributed by atoms with E-state index in [9.17, 15) is 13.2 Å². The van der Waals surface area contributed by atoms with Crippen molar-refractivity contribution in [1.29, 1.82) is 0 Å². The van der Waals surface area contributed by atoms with Crippen molar-refractivity contribution >= 4 is 27.3 Å². The van der Waals surface area contributed by atoms with Crippen LogP contribution in [0.5, 0.6) is 0 Å². The maximum atomic E-state index is 12.3. The van der Waals surface area contributed by atoms with Crippen LogP contribution < -0.4 is 4.72 Å². The van der Waals surface area contributed by atoms with E-state index in [4.69, 9.17) is 5.11 Å². The van der Waals surface area contributed by atoms with E-state index in [2.05, 4.69) is 16.6 Å². The van der Waals surface area contributed by atoms with Gasteiger partial charge in [0.15, 0.2) is 9.90 Å². The van der Waals surface area contributed by atoms with Crippen LogP contribution in [-0.4, -0.2) is 30.5 Å². The van der Waals surface area contributed by atoms with Crippen molar-refractivity contribution in [2.75, 3.05) is 0 Å². The second-order valence-electron chi connectivity index (χ2n) is 5.42. The van der Waals surface area contributed by atoms with Gasteiger partial charge in [-0.05, 0) is 31.1 Å². The summed E-state index contributed by atoms with van der Waals surface area (Å²) < 4.78 is 27.0. The third kappa shape index (κ3) is 3.18. The standard InChI is InChI=1S/C12H18N2O4S2/c1-7-3-4-9(8(2)5-7)14-20(17,18)12-10(11(15)16)13-6-19-12/h6-9,14H,3-5H2,1-2H3,(H,15,16). The van der Waals surface area contributed by atoms with Crippen molar-refractivity contribution in [1.82, 2.24) is 9.71 Å². The van der Waals surface area contributed by atoms with E-state index in [1.54, 1.807) is 0 Å². The largest absolute Gasteiger partial charge is 0.476 e. The molecule has 1 aliphatic rings. The molecule has 8 heteroatoms. The summed E-state index contributed by atoms with van der Waals surface area (Å²) >= 11 is 0.833. The Morgan fingerprint density at radius 3 is 2.75 bits per heavy atom. The maximum Gasteiger partial charge on any atom is 0.356 e. The monoisotopic (exact) mass is 318 g/mol. The first kappa shape index (κ1) is 15.4. The summed E-state index contributed by atoms with van der Waals surface area (Å²) in [5, 5.41) is 8.96. The van der Waals surface area contributed by atoms with Gasteiger partial charge in [-0.15, -0.1) is 11.3 Å². The Bertz CT molecular complexity index is 596. The maximum absolute atomic E-state index is 12.3. The molecule has 1 heterocycles. The van der Waals surface area contributed by atoms with Crippen LogP contribution in [-0.2, 0) is 10.0 Å². The van der Waals surface area contributed by atoms with E-state index < -0.39 is 21.7 Å². The molecular formula is C12H18N2O4S2. The summed E-state index contributed by atoms with van der Waals surface area (Å²) in [5.41, 5.74) is 0.837. The molecule has 1 fully saturated rings. The van der Waals surface area contributed by atoms with Crippen molar-refractivity contribution in [3.05, 3.63) is 11.2 Å². The minimum atomic E-state index is -3.82. The van der Waals surface area contributed by atoms with Gasteiger partial charge in [0.25, 0.3) is 10.0 Å². The van der Waals surface area contributed by atoms with E-state index in [0.717, 1.165) is 30.6 Å². The quantitative estimate of drug-likeness (QED) is 0.884. The molecule has 1 saturated carbocycles. The number of aromatic carboxylic acids is 1. The van der Waals surface area contributed by atoms with Gasteiger partial charge in [-0.2, -0.15) is 0 Å². The van der Waals surface area contributed by atoms with E-state index >= 15 is 0 Å². The molecule has 0 amide bonds. The van der Waals surface area contributed by atoms with Gasteiger partial charge in [-0.25, -0.2) is 22.9 Å². The molecule has 1 aromatic heterocycles. The average Bonchev–Trinajstić information content (AvgIpc) is 2.82. The van der Waals surface area contributed by atoms with E-state index in [1.165, 1.54) is 5.51 Å². The van der Waals surface area contributed by atoms with Crippen LogP contribution in [0.1, 0.15) is 43.6 Å². The van der Waals surface area contributed by atoms with Gasteiger partial charge in [0.2, 0.25) is 0 Å². The molecule has 1 aliphatic carbocycles. The molecule has 20 heavy (non-hydrogen) atoms. The summed E-state index contributed by atoms with van der Waals surface area (Å²) in [6.45, 7) is 4.18. The molecule has 6 nitrogen and oxygen atoms in total. The lowest BCUT2D eigenvalue weighted by atomic mass is 9.80. The first-order chi connectivity index (χ1) is 9.31. The Hall–Kier alpha value is -0.990. The molecule has 0 spiro atoms. The second kappa shape index (κ2) is 5.79. The molecule has 0 aliphatic heterocycles. The van der Waals surface area contributed by atoms with E-state index in [-0.39, 0.29) is 16.2 Å². The predicted molar refractivity (Wildman–Crippen MR) is 75.4 cm³/mol. The second-order valence-corrected chi connectivity index (χ2v) is 8.18. The highest BCUT2D eigenvalue weighted by atomic mass is 32.2. The fraction of sp³-hybridized carbons (Fsp3) is 0.667. The Morgan fingerprint density at radius 2 is 2.15 bits per heavy atom. The highest BCUT2D eigenvalue weighted by Gasteiger charge is 2.32. The van der Waals surface area contributed by atoms with E-state index in [1.807, 2.05) is 6.92 Å². The van der Waals surface area contributed by atoms with Gasteiger partial charge < -0.3 is 5.11 Å². The average molecular weight is 318 g/mol. The van der Waals surface area contributed by atoms with Crippen LogP contribution in [0, 0.1) is 11.8 Å². The Kier molecular flexibility index (Phi) is 4.46. The summed E-state index contributed by atoms with van der Waals surface area (Å²) in [4.78, 5) is 14.6. The van der Waals surface area contributed by atoms with Crippen LogP contribution in [0.25, 0.3) is 0 Å². The Labute approximate surface area is 122 Å². The molecule has 1 aromatic rings. The summed E-state index contributed by atoms with van der Waals surface area (Å²) in [6.07, 6.45) is 2.73. The molecule has 2 rings (SSSR count). The number of carbonyl (C=O) groups is 1. The first-order valence-corrected chi connectivity index (χ1v) is 8.86. The number of hydrogen-bond donors (Lipinski definition) is 2. The SMILES string of the molecule is CC1CCC(NS(=O)(=O)c2scnc2C(=O)O)C(C)C1. The molecule has 3 unspecified atom stereocenters. The number of aromatic nitrogens is 1. The number of nitrogens with one attached hydrogen (secondary N) is 1. The third-order valence-electron chi connectivity index (χ3n) is 3.72. The van der Waals surface area contributed by atoms with Crippen molar-refractivity contribution in [2.24, 2.45) is 11.8 Å². The lowest BCUT2D eigenvalue weighted by Crippen LogP contribution is -2.42. The molecule has 2 N–H and O–H groups in total. The van der Waals surface area contributed by atoms with Crippen molar-refractivity contribution in [3.63, 3.8) is 0 Å². The number of carboxylic acids is 1. The lowest BCUT2D eigenvalue weighted by molar-refractivity contribution is 0.0687. The number of nitrogens with zero attached hydrogens (tertiary/aromatic N) is 1. The third-order valence-corrected chi connectivity index (χ3v) is 6.58. The molecule has 112 valence electrons. The minimum absolute atomic E-state index is 0.139. The summed E-state index contributed by atoms with van der Waals surface area (Å²) in [5.74, 6) is -0.476. The Balaban J connectivity index is 2.19. The normalized spacial score (nSPS) is 27.4. The zero-order chi connectivity index (χ0) is 14.9. The van der Waals surface area contributed by atoms with Gasteiger partial charge in [0, 0.05) is 6.04 Å². The number of carboxylic acid groups (broad SMARTS) is 1. The number of sulfonamides is 1. The highest BCUT2D eigenvalue weighted by molar-refractivity contribution is 7.91. The number of rotatable bonds is 4. The zero-order valence-corrected chi connectivity index (χ0v) is 13.0. The lowest BCUT2D eigenvalue weighted by Gasteiger charge is -2.32. The van der Waals surface area contributed by atoms with Gasteiger partial charge in [-0.3, -0.25) is 0 Å². The molecular weight excluding hydrogens is 300 g/mol. The Morgan fingerprint density at radius 1 is 1.45 bits per heavy atom.